The lowest BCUT2D eigenvalue weighted by molar-refractivity contribution is -0.137. The molecule has 2 aromatic rings. The molecule has 0 bridgehead atoms. The monoisotopic (exact) mass is 366 g/mol. The second-order valence-electron chi connectivity index (χ2n) is 6.34. The van der Waals surface area contributed by atoms with Gasteiger partial charge in [0.1, 0.15) is 11.9 Å². The Labute approximate surface area is 148 Å². The highest BCUT2D eigenvalue weighted by molar-refractivity contribution is 5.83. The standard InChI is InChI=1S/C19H18F4N2O/c20-15-7-3-13(4-8-15)17(18(26)25-16-9-10-16)24-11-12-1-5-14(6-2-12)19(21,22)23/h1-8,16-17,24H,9-11H2,(H,25,26)/t17-/m0/s1. The fourth-order valence-corrected chi connectivity index (χ4v) is 2.56. The van der Waals surface area contributed by atoms with Gasteiger partial charge < -0.3 is 5.32 Å². The van der Waals surface area contributed by atoms with Crippen molar-refractivity contribution >= 4 is 5.91 Å². The molecule has 1 aliphatic carbocycles. The van der Waals surface area contributed by atoms with Crippen LogP contribution in [0.5, 0.6) is 0 Å². The lowest BCUT2D eigenvalue weighted by atomic mass is 10.0. The molecule has 2 N–H and O–H groups in total. The van der Waals surface area contributed by atoms with E-state index in [1.165, 1.54) is 36.4 Å². The molecule has 26 heavy (non-hydrogen) atoms. The van der Waals surface area contributed by atoms with E-state index in [1.54, 1.807) is 0 Å². The number of amides is 1. The Bertz CT molecular complexity index is 753. The van der Waals surface area contributed by atoms with Gasteiger partial charge in [-0.25, -0.2) is 4.39 Å². The summed E-state index contributed by atoms with van der Waals surface area (Å²) in [6.07, 6.45) is -2.52. The number of hydrogen-bond acceptors (Lipinski definition) is 2. The Kier molecular flexibility index (Phi) is 5.27. The average Bonchev–Trinajstić information content (AvgIpc) is 3.40. The maximum Gasteiger partial charge on any atom is 0.416 e. The van der Waals surface area contributed by atoms with Crippen molar-refractivity contribution in [2.24, 2.45) is 0 Å². The summed E-state index contributed by atoms with van der Waals surface area (Å²) in [6.45, 7) is 0.207. The lowest BCUT2D eigenvalue weighted by Gasteiger charge is -2.19. The number of nitrogens with one attached hydrogen (secondary N) is 2. The Morgan fingerprint density at radius 3 is 2.19 bits per heavy atom. The van der Waals surface area contributed by atoms with Gasteiger partial charge in [-0.1, -0.05) is 24.3 Å². The van der Waals surface area contributed by atoms with E-state index in [4.69, 9.17) is 0 Å². The molecule has 1 atom stereocenters. The number of carbonyl (C=O) groups is 1. The first kappa shape index (κ1) is 18.4. The van der Waals surface area contributed by atoms with Crippen molar-refractivity contribution in [3.05, 3.63) is 71.0 Å². The minimum Gasteiger partial charge on any atom is -0.352 e. The first-order valence-corrected chi connectivity index (χ1v) is 8.28. The van der Waals surface area contributed by atoms with Crippen LogP contribution in [0.2, 0.25) is 0 Å². The average molecular weight is 366 g/mol. The Hall–Kier alpha value is -2.41. The topological polar surface area (TPSA) is 41.1 Å². The van der Waals surface area contributed by atoms with Crippen molar-refractivity contribution in [2.45, 2.75) is 37.6 Å². The van der Waals surface area contributed by atoms with Gasteiger partial charge >= 0.3 is 6.18 Å². The largest absolute Gasteiger partial charge is 0.416 e. The molecule has 1 aliphatic rings. The third-order valence-corrected chi connectivity index (χ3v) is 4.18. The number of carbonyl (C=O) groups excluding carboxylic acids is 1. The molecule has 0 saturated heterocycles. The fourth-order valence-electron chi connectivity index (χ4n) is 2.56. The van der Waals surface area contributed by atoms with Gasteiger partial charge in [-0.05, 0) is 48.2 Å². The highest BCUT2D eigenvalue weighted by Gasteiger charge is 2.30. The second-order valence-corrected chi connectivity index (χ2v) is 6.34. The second kappa shape index (κ2) is 7.45. The molecule has 0 heterocycles. The summed E-state index contributed by atoms with van der Waals surface area (Å²) < 4.78 is 51.0. The molecule has 1 fully saturated rings. The van der Waals surface area contributed by atoms with Gasteiger partial charge in [-0.3, -0.25) is 10.1 Å². The predicted molar refractivity (Wildman–Crippen MR) is 88.6 cm³/mol. The van der Waals surface area contributed by atoms with Gasteiger partial charge in [0.05, 0.1) is 5.56 Å². The molecular weight excluding hydrogens is 348 g/mol. The van der Waals surface area contributed by atoms with Gasteiger partial charge in [0.15, 0.2) is 0 Å². The van der Waals surface area contributed by atoms with Crippen LogP contribution in [0.25, 0.3) is 0 Å². The first-order valence-electron chi connectivity index (χ1n) is 8.28. The molecule has 2 aromatic carbocycles. The number of rotatable bonds is 6. The number of hydrogen-bond donors (Lipinski definition) is 2. The van der Waals surface area contributed by atoms with Crippen LogP contribution >= 0.6 is 0 Å². The quantitative estimate of drug-likeness (QED) is 0.760. The SMILES string of the molecule is O=C(NC1CC1)[C@@H](NCc1ccc(C(F)(F)F)cc1)c1ccc(F)cc1. The zero-order valence-electron chi connectivity index (χ0n) is 13.8. The molecule has 1 amide bonds. The van der Waals surface area contributed by atoms with Gasteiger partial charge in [-0.15, -0.1) is 0 Å². The van der Waals surface area contributed by atoms with E-state index in [2.05, 4.69) is 10.6 Å². The lowest BCUT2D eigenvalue weighted by Crippen LogP contribution is -2.38. The number of benzene rings is 2. The highest BCUT2D eigenvalue weighted by Crippen LogP contribution is 2.29. The minimum atomic E-state index is -4.38. The predicted octanol–water partition coefficient (Wildman–Crippen LogP) is 3.95. The van der Waals surface area contributed by atoms with E-state index in [9.17, 15) is 22.4 Å². The summed E-state index contributed by atoms with van der Waals surface area (Å²) in [7, 11) is 0. The Balaban J connectivity index is 1.70. The van der Waals surface area contributed by atoms with E-state index >= 15 is 0 Å². The van der Waals surface area contributed by atoms with Gasteiger partial charge in [0, 0.05) is 12.6 Å². The summed E-state index contributed by atoms with van der Waals surface area (Å²) in [6, 6.07) is 9.80. The van der Waals surface area contributed by atoms with Crippen molar-refractivity contribution < 1.29 is 22.4 Å². The maximum atomic E-state index is 13.1. The van der Waals surface area contributed by atoms with Crippen molar-refractivity contribution in [1.82, 2.24) is 10.6 Å². The van der Waals surface area contributed by atoms with Crippen LogP contribution in [0.1, 0.15) is 35.6 Å². The molecule has 0 radical (unpaired) electrons. The zero-order valence-corrected chi connectivity index (χ0v) is 13.8. The molecule has 3 nitrogen and oxygen atoms in total. The molecular formula is C19H18F4N2O. The molecule has 1 saturated carbocycles. The van der Waals surface area contributed by atoms with Crippen LogP contribution in [-0.4, -0.2) is 11.9 Å². The van der Waals surface area contributed by atoms with Crippen LogP contribution in [0.4, 0.5) is 17.6 Å². The normalized spacial score (nSPS) is 15.5. The first-order chi connectivity index (χ1) is 12.3. The van der Waals surface area contributed by atoms with Crippen LogP contribution in [-0.2, 0) is 17.5 Å². The van der Waals surface area contributed by atoms with Crippen molar-refractivity contribution in [2.75, 3.05) is 0 Å². The van der Waals surface area contributed by atoms with E-state index < -0.39 is 23.6 Å². The van der Waals surface area contributed by atoms with Crippen LogP contribution in [0, 0.1) is 5.82 Å². The van der Waals surface area contributed by atoms with E-state index in [-0.39, 0.29) is 18.5 Å². The zero-order chi connectivity index (χ0) is 18.7. The summed E-state index contributed by atoms with van der Waals surface area (Å²) in [5.41, 5.74) is 0.489. The molecule has 0 spiro atoms. The van der Waals surface area contributed by atoms with Gasteiger partial charge in [0.25, 0.3) is 0 Å². The molecule has 0 aromatic heterocycles. The fraction of sp³-hybridized carbons (Fsp3) is 0.316. The Morgan fingerprint density at radius 1 is 1.04 bits per heavy atom. The molecule has 0 aliphatic heterocycles. The van der Waals surface area contributed by atoms with Crippen molar-refractivity contribution in [1.29, 1.82) is 0 Å². The van der Waals surface area contributed by atoms with Crippen LogP contribution < -0.4 is 10.6 Å². The van der Waals surface area contributed by atoms with Crippen LogP contribution in [0.3, 0.4) is 0 Å². The van der Waals surface area contributed by atoms with Gasteiger partial charge in [-0.2, -0.15) is 13.2 Å². The summed E-state index contributed by atoms with van der Waals surface area (Å²) in [5.74, 6) is -0.635. The summed E-state index contributed by atoms with van der Waals surface area (Å²) in [4.78, 5) is 12.5. The molecule has 3 rings (SSSR count). The van der Waals surface area contributed by atoms with E-state index in [0.29, 0.717) is 11.1 Å². The molecule has 138 valence electrons. The smallest absolute Gasteiger partial charge is 0.352 e. The molecule has 7 heteroatoms. The summed E-state index contributed by atoms with van der Waals surface area (Å²) >= 11 is 0. The number of alkyl halides is 3. The third kappa shape index (κ3) is 4.82. The van der Waals surface area contributed by atoms with Crippen LogP contribution in [0.15, 0.2) is 48.5 Å². The third-order valence-electron chi connectivity index (χ3n) is 4.18. The summed E-state index contributed by atoms with van der Waals surface area (Å²) in [5, 5.41) is 5.94. The van der Waals surface area contributed by atoms with E-state index in [0.717, 1.165) is 25.0 Å². The van der Waals surface area contributed by atoms with Crippen molar-refractivity contribution in [3.8, 4) is 0 Å². The van der Waals surface area contributed by atoms with Gasteiger partial charge in [0.2, 0.25) is 5.91 Å². The Morgan fingerprint density at radius 2 is 1.65 bits per heavy atom. The highest BCUT2D eigenvalue weighted by atomic mass is 19.4. The minimum absolute atomic E-state index is 0.165. The maximum absolute atomic E-state index is 13.1. The number of halogens is 4. The van der Waals surface area contributed by atoms with Crippen molar-refractivity contribution in [3.63, 3.8) is 0 Å². The molecule has 0 unspecified atom stereocenters. The van der Waals surface area contributed by atoms with E-state index in [1.807, 2.05) is 0 Å².